The van der Waals surface area contributed by atoms with Gasteiger partial charge in [-0.15, -0.1) is 12.4 Å². The molecule has 0 saturated carbocycles. The zero-order chi connectivity index (χ0) is 13.7. The summed E-state index contributed by atoms with van der Waals surface area (Å²) in [6.07, 6.45) is 2.71. The second kappa shape index (κ2) is 8.12. The summed E-state index contributed by atoms with van der Waals surface area (Å²) in [5, 5.41) is 6.26. The standard InChI is InChI=1S/C15H22N2O2.ClH/c1-11-3-5-14(19-2)13(9-11)17-15(18)6-4-12-7-8-16-10-12;/h3,5,9,12,16H,4,6-8,10H2,1-2H3,(H,17,18);1H. The lowest BCUT2D eigenvalue weighted by Crippen LogP contribution is -2.15. The first kappa shape index (κ1) is 16.8. The van der Waals surface area contributed by atoms with Gasteiger partial charge < -0.3 is 15.4 Å². The van der Waals surface area contributed by atoms with Gasteiger partial charge in [0.1, 0.15) is 5.75 Å². The van der Waals surface area contributed by atoms with Gasteiger partial charge >= 0.3 is 0 Å². The molecule has 1 amide bonds. The van der Waals surface area contributed by atoms with Crippen LogP contribution >= 0.6 is 12.4 Å². The number of hydrogen-bond acceptors (Lipinski definition) is 3. The van der Waals surface area contributed by atoms with Crippen LogP contribution in [0.3, 0.4) is 0 Å². The number of amides is 1. The molecule has 5 heteroatoms. The van der Waals surface area contributed by atoms with Gasteiger partial charge in [-0.2, -0.15) is 0 Å². The van der Waals surface area contributed by atoms with Crippen LogP contribution in [0.4, 0.5) is 5.69 Å². The van der Waals surface area contributed by atoms with Gasteiger partial charge in [0.15, 0.2) is 0 Å². The zero-order valence-electron chi connectivity index (χ0n) is 12.1. The normalized spacial score (nSPS) is 17.4. The second-order valence-corrected chi connectivity index (χ2v) is 5.15. The molecule has 20 heavy (non-hydrogen) atoms. The Hall–Kier alpha value is -1.26. The summed E-state index contributed by atoms with van der Waals surface area (Å²) in [5.74, 6) is 1.42. The molecule has 1 aromatic rings. The summed E-state index contributed by atoms with van der Waals surface area (Å²) in [5.41, 5.74) is 1.87. The highest BCUT2D eigenvalue weighted by Gasteiger charge is 2.16. The predicted octanol–water partition coefficient (Wildman–Crippen LogP) is 2.75. The molecule has 1 atom stereocenters. The number of ether oxygens (including phenoxy) is 1. The lowest BCUT2D eigenvalue weighted by Gasteiger charge is -2.12. The molecule has 0 spiro atoms. The molecule has 0 aromatic heterocycles. The van der Waals surface area contributed by atoms with Crippen molar-refractivity contribution in [3.63, 3.8) is 0 Å². The number of halogens is 1. The fourth-order valence-electron chi connectivity index (χ4n) is 2.43. The average molecular weight is 299 g/mol. The Kier molecular flexibility index (Phi) is 6.82. The van der Waals surface area contributed by atoms with E-state index >= 15 is 0 Å². The largest absolute Gasteiger partial charge is 0.495 e. The molecular weight excluding hydrogens is 276 g/mol. The lowest BCUT2D eigenvalue weighted by molar-refractivity contribution is -0.116. The molecule has 1 fully saturated rings. The van der Waals surface area contributed by atoms with Crippen LogP contribution in [0.1, 0.15) is 24.8 Å². The molecule has 0 radical (unpaired) electrons. The number of carbonyl (C=O) groups excluding carboxylic acids is 1. The van der Waals surface area contributed by atoms with Crippen LogP contribution in [0.15, 0.2) is 18.2 Å². The summed E-state index contributed by atoms with van der Waals surface area (Å²) >= 11 is 0. The molecule has 112 valence electrons. The van der Waals surface area contributed by atoms with Crippen LogP contribution in [0.2, 0.25) is 0 Å². The maximum absolute atomic E-state index is 12.0. The Morgan fingerprint density at radius 1 is 1.50 bits per heavy atom. The quantitative estimate of drug-likeness (QED) is 0.879. The van der Waals surface area contributed by atoms with E-state index in [1.165, 1.54) is 6.42 Å². The van der Waals surface area contributed by atoms with Crippen molar-refractivity contribution in [2.24, 2.45) is 5.92 Å². The van der Waals surface area contributed by atoms with Crippen molar-refractivity contribution in [2.45, 2.75) is 26.2 Å². The molecule has 1 unspecified atom stereocenters. The fraction of sp³-hybridized carbons (Fsp3) is 0.533. The molecule has 4 nitrogen and oxygen atoms in total. The van der Waals surface area contributed by atoms with E-state index in [0.29, 0.717) is 18.1 Å². The third kappa shape index (κ3) is 4.69. The molecular formula is C15H23ClN2O2. The summed E-state index contributed by atoms with van der Waals surface area (Å²) in [4.78, 5) is 12.0. The van der Waals surface area contributed by atoms with Gasteiger partial charge in [0.05, 0.1) is 12.8 Å². The summed E-state index contributed by atoms with van der Waals surface area (Å²) in [7, 11) is 1.62. The predicted molar refractivity (Wildman–Crippen MR) is 83.8 cm³/mol. The smallest absolute Gasteiger partial charge is 0.224 e. The number of carbonyl (C=O) groups is 1. The molecule has 0 bridgehead atoms. The van der Waals surface area contributed by atoms with Crippen molar-refractivity contribution in [3.05, 3.63) is 23.8 Å². The van der Waals surface area contributed by atoms with Gasteiger partial charge in [-0.3, -0.25) is 4.79 Å². The van der Waals surface area contributed by atoms with Crippen molar-refractivity contribution in [3.8, 4) is 5.75 Å². The number of rotatable bonds is 5. The Balaban J connectivity index is 0.00000200. The van der Waals surface area contributed by atoms with E-state index in [4.69, 9.17) is 4.74 Å². The van der Waals surface area contributed by atoms with E-state index in [1.54, 1.807) is 7.11 Å². The van der Waals surface area contributed by atoms with E-state index in [0.717, 1.165) is 30.8 Å². The third-order valence-electron chi connectivity index (χ3n) is 3.57. The summed E-state index contributed by atoms with van der Waals surface area (Å²) in [6.45, 7) is 4.12. The van der Waals surface area contributed by atoms with Crippen LogP contribution in [0, 0.1) is 12.8 Å². The molecule has 2 rings (SSSR count). The zero-order valence-corrected chi connectivity index (χ0v) is 12.9. The van der Waals surface area contributed by atoms with Crippen molar-refractivity contribution in [1.29, 1.82) is 0 Å². The Morgan fingerprint density at radius 2 is 2.30 bits per heavy atom. The van der Waals surface area contributed by atoms with Crippen molar-refractivity contribution in [2.75, 3.05) is 25.5 Å². The van der Waals surface area contributed by atoms with Crippen LogP contribution in [-0.2, 0) is 4.79 Å². The highest BCUT2D eigenvalue weighted by atomic mass is 35.5. The van der Waals surface area contributed by atoms with E-state index in [9.17, 15) is 4.79 Å². The van der Waals surface area contributed by atoms with E-state index in [2.05, 4.69) is 10.6 Å². The first-order valence-electron chi connectivity index (χ1n) is 6.84. The van der Waals surface area contributed by atoms with Gasteiger partial charge in [-0.05, 0) is 56.5 Å². The van der Waals surface area contributed by atoms with Crippen LogP contribution in [-0.4, -0.2) is 26.1 Å². The average Bonchev–Trinajstić information content (AvgIpc) is 2.90. The lowest BCUT2D eigenvalue weighted by atomic mass is 10.0. The highest BCUT2D eigenvalue weighted by molar-refractivity contribution is 5.92. The maximum atomic E-state index is 12.0. The first-order valence-corrected chi connectivity index (χ1v) is 6.84. The Morgan fingerprint density at radius 3 is 2.95 bits per heavy atom. The minimum Gasteiger partial charge on any atom is -0.495 e. The van der Waals surface area contributed by atoms with Crippen molar-refractivity contribution in [1.82, 2.24) is 5.32 Å². The molecule has 1 aromatic carbocycles. The Labute approximate surface area is 126 Å². The minimum absolute atomic E-state index is 0. The number of benzene rings is 1. The minimum atomic E-state index is 0. The Bertz CT molecular complexity index is 445. The number of aryl methyl sites for hydroxylation is 1. The molecule has 1 aliphatic heterocycles. The molecule has 2 N–H and O–H groups in total. The monoisotopic (exact) mass is 298 g/mol. The molecule has 1 saturated heterocycles. The van der Waals surface area contributed by atoms with E-state index < -0.39 is 0 Å². The number of hydrogen-bond donors (Lipinski definition) is 2. The van der Waals surface area contributed by atoms with Gasteiger partial charge in [0.25, 0.3) is 0 Å². The number of methoxy groups -OCH3 is 1. The van der Waals surface area contributed by atoms with Gasteiger partial charge in [0, 0.05) is 6.42 Å². The second-order valence-electron chi connectivity index (χ2n) is 5.15. The van der Waals surface area contributed by atoms with E-state index in [1.807, 2.05) is 25.1 Å². The molecule has 1 heterocycles. The third-order valence-corrected chi connectivity index (χ3v) is 3.57. The van der Waals surface area contributed by atoms with Crippen LogP contribution in [0.5, 0.6) is 5.75 Å². The molecule has 0 aliphatic carbocycles. The maximum Gasteiger partial charge on any atom is 0.224 e. The molecule has 1 aliphatic rings. The highest BCUT2D eigenvalue weighted by Crippen LogP contribution is 2.25. The van der Waals surface area contributed by atoms with Gasteiger partial charge in [-0.25, -0.2) is 0 Å². The topological polar surface area (TPSA) is 50.4 Å². The first-order chi connectivity index (χ1) is 9.19. The van der Waals surface area contributed by atoms with Gasteiger partial charge in [0.2, 0.25) is 5.91 Å². The SMILES string of the molecule is COc1ccc(C)cc1NC(=O)CCC1CCNC1.Cl. The van der Waals surface area contributed by atoms with Crippen molar-refractivity contribution < 1.29 is 9.53 Å². The summed E-state index contributed by atoms with van der Waals surface area (Å²) in [6, 6.07) is 5.79. The number of anilines is 1. The fourth-order valence-corrected chi connectivity index (χ4v) is 2.43. The van der Waals surface area contributed by atoms with E-state index in [-0.39, 0.29) is 18.3 Å². The van der Waals surface area contributed by atoms with Crippen LogP contribution in [0.25, 0.3) is 0 Å². The van der Waals surface area contributed by atoms with Crippen molar-refractivity contribution >= 4 is 24.0 Å². The summed E-state index contributed by atoms with van der Waals surface area (Å²) < 4.78 is 5.25. The number of nitrogens with one attached hydrogen (secondary N) is 2. The van der Waals surface area contributed by atoms with Gasteiger partial charge in [-0.1, -0.05) is 6.07 Å². The van der Waals surface area contributed by atoms with Crippen LogP contribution < -0.4 is 15.4 Å².